The van der Waals surface area contributed by atoms with E-state index in [4.69, 9.17) is 5.11 Å². The third kappa shape index (κ3) is 2.36. The van der Waals surface area contributed by atoms with Crippen molar-refractivity contribution >= 4 is 17.1 Å². The summed E-state index contributed by atoms with van der Waals surface area (Å²) in [4.78, 5) is 40.9. The number of rotatable bonds is 5. The monoisotopic (exact) mass is 280 g/mol. The number of unbranched alkanes of at least 4 members (excludes halogenated alkanes) is 1. The van der Waals surface area contributed by atoms with Gasteiger partial charge in [0.05, 0.1) is 0 Å². The lowest BCUT2D eigenvalue weighted by Crippen LogP contribution is -2.29. The summed E-state index contributed by atoms with van der Waals surface area (Å²) in [6, 6.07) is 0. The highest BCUT2D eigenvalue weighted by atomic mass is 16.4. The molecule has 0 aliphatic heterocycles. The Morgan fingerprint density at radius 3 is 2.70 bits per heavy atom. The van der Waals surface area contributed by atoms with Crippen LogP contribution in [0.2, 0.25) is 0 Å². The number of hydrogen-bond donors (Lipinski definition) is 2. The Balaban J connectivity index is 2.75. The van der Waals surface area contributed by atoms with Gasteiger partial charge >= 0.3 is 11.7 Å². The number of hydrogen-bond acceptors (Lipinski definition) is 4. The van der Waals surface area contributed by atoms with Crippen LogP contribution in [0.5, 0.6) is 0 Å². The van der Waals surface area contributed by atoms with Crippen molar-refractivity contribution in [3.63, 3.8) is 0 Å². The van der Waals surface area contributed by atoms with Crippen molar-refractivity contribution in [1.29, 1.82) is 0 Å². The Labute approximate surface area is 113 Å². The fourth-order valence-electron chi connectivity index (χ4n) is 2.11. The van der Waals surface area contributed by atoms with E-state index < -0.39 is 17.2 Å². The maximum Gasteiger partial charge on any atom is 0.329 e. The molecule has 2 aromatic rings. The van der Waals surface area contributed by atoms with Crippen LogP contribution in [0.4, 0.5) is 0 Å². The summed E-state index contributed by atoms with van der Waals surface area (Å²) in [7, 11) is 1.49. The van der Waals surface area contributed by atoms with Crippen LogP contribution in [-0.4, -0.2) is 30.2 Å². The van der Waals surface area contributed by atoms with Gasteiger partial charge in [-0.3, -0.25) is 19.1 Å². The first-order valence-corrected chi connectivity index (χ1v) is 6.36. The lowest BCUT2D eigenvalue weighted by Gasteiger charge is -2.04. The minimum Gasteiger partial charge on any atom is -0.480 e. The lowest BCUT2D eigenvalue weighted by molar-refractivity contribution is -0.137. The number of aromatic amines is 1. The smallest absolute Gasteiger partial charge is 0.329 e. The molecule has 0 saturated carbocycles. The Morgan fingerprint density at radius 1 is 1.40 bits per heavy atom. The van der Waals surface area contributed by atoms with Gasteiger partial charge in [-0.1, -0.05) is 13.3 Å². The number of carboxylic acids is 1. The van der Waals surface area contributed by atoms with Crippen molar-refractivity contribution in [2.24, 2.45) is 7.05 Å². The maximum atomic E-state index is 11.9. The minimum atomic E-state index is -1.06. The van der Waals surface area contributed by atoms with Crippen LogP contribution >= 0.6 is 0 Å². The van der Waals surface area contributed by atoms with E-state index in [0.717, 1.165) is 12.8 Å². The second-order valence-corrected chi connectivity index (χ2v) is 4.60. The van der Waals surface area contributed by atoms with Crippen molar-refractivity contribution in [2.45, 2.75) is 32.7 Å². The Kier molecular flexibility index (Phi) is 3.73. The predicted molar refractivity (Wildman–Crippen MR) is 71.8 cm³/mol. The number of H-pyrrole nitrogens is 1. The van der Waals surface area contributed by atoms with E-state index in [2.05, 4.69) is 9.97 Å². The fraction of sp³-hybridized carbons (Fsp3) is 0.500. The molecule has 2 aromatic heterocycles. The topological polar surface area (TPSA) is 110 Å². The third-order valence-corrected chi connectivity index (χ3v) is 3.13. The Bertz CT molecular complexity index is 768. The molecule has 2 N–H and O–H groups in total. The average molecular weight is 280 g/mol. The first-order valence-electron chi connectivity index (χ1n) is 6.36. The van der Waals surface area contributed by atoms with Crippen molar-refractivity contribution in [3.8, 4) is 0 Å². The Hall–Kier alpha value is -2.38. The molecule has 0 aliphatic carbocycles. The first kappa shape index (κ1) is 14.0. The van der Waals surface area contributed by atoms with E-state index in [9.17, 15) is 14.4 Å². The van der Waals surface area contributed by atoms with Crippen LogP contribution in [0.15, 0.2) is 9.59 Å². The van der Waals surface area contributed by atoms with Gasteiger partial charge in [0.2, 0.25) is 0 Å². The highest BCUT2D eigenvalue weighted by molar-refractivity contribution is 5.74. The summed E-state index contributed by atoms with van der Waals surface area (Å²) in [6.45, 7) is 1.66. The van der Waals surface area contributed by atoms with E-state index in [0.29, 0.717) is 12.2 Å². The number of aromatic nitrogens is 4. The summed E-state index contributed by atoms with van der Waals surface area (Å²) >= 11 is 0. The zero-order valence-electron chi connectivity index (χ0n) is 11.3. The van der Waals surface area contributed by atoms with Crippen LogP contribution in [0.3, 0.4) is 0 Å². The maximum absolute atomic E-state index is 11.9. The molecule has 0 aromatic carbocycles. The summed E-state index contributed by atoms with van der Waals surface area (Å²) < 4.78 is 2.58. The van der Waals surface area contributed by atoms with E-state index >= 15 is 0 Å². The molecule has 0 unspecified atom stereocenters. The van der Waals surface area contributed by atoms with Gasteiger partial charge in [0, 0.05) is 13.5 Å². The van der Waals surface area contributed by atoms with E-state index in [1.54, 1.807) is 0 Å². The molecule has 0 aliphatic rings. The molecule has 0 spiro atoms. The summed E-state index contributed by atoms with van der Waals surface area (Å²) in [5.41, 5.74) is -0.837. The molecular weight excluding hydrogens is 264 g/mol. The molecule has 108 valence electrons. The van der Waals surface area contributed by atoms with Gasteiger partial charge in [0.1, 0.15) is 12.4 Å². The average Bonchev–Trinajstić information content (AvgIpc) is 2.72. The van der Waals surface area contributed by atoms with Crippen molar-refractivity contribution < 1.29 is 9.90 Å². The quantitative estimate of drug-likeness (QED) is 0.791. The molecular formula is C12H16N4O4. The van der Waals surface area contributed by atoms with Crippen molar-refractivity contribution in [3.05, 3.63) is 26.7 Å². The van der Waals surface area contributed by atoms with Gasteiger partial charge in [0.15, 0.2) is 11.2 Å². The zero-order chi connectivity index (χ0) is 14.9. The van der Waals surface area contributed by atoms with Crippen molar-refractivity contribution in [1.82, 2.24) is 19.1 Å². The number of nitrogens with zero attached hydrogens (tertiary/aromatic N) is 3. The zero-order valence-corrected chi connectivity index (χ0v) is 11.3. The molecule has 2 heterocycles. The molecule has 0 bridgehead atoms. The number of imidazole rings is 1. The van der Waals surface area contributed by atoms with E-state index in [1.807, 2.05) is 6.92 Å². The summed E-state index contributed by atoms with van der Waals surface area (Å²) in [6.07, 6.45) is 2.31. The summed E-state index contributed by atoms with van der Waals surface area (Å²) in [5, 5.41) is 8.98. The fourth-order valence-corrected chi connectivity index (χ4v) is 2.11. The molecule has 2 rings (SSSR count). The Morgan fingerprint density at radius 2 is 2.10 bits per heavy atom. The predicted octanol–water partition coefficient (Wildman–Crippen LogP) is -0.149. The van der Waals surface area contributed by atoms with Gasteiger partial charge in [0.25, 0.3) is 5.56 Å². The van der Waals surface area contributed by atoms with E-state index in [-0.39, 0.29) is 17.7 Å². The van der Waals surface area contributed by atoms with Gasteiger partial charge in [-0.25, -0.2) is 9.78 Å². The molecule has 8 heteroatoms. The van der Waals surface area contributed by atoms with Crippen LogP contribution in [0.25, 0.3) is 11.2 Å². The third-order valence-electron chi connectivity index (χ3n) is 3.13. The molecule has 8 nitrogen and oxygen atoms in total. The molecule has 0 amide bonds. The van der Waals surface area contributed by atoms with Gasteiger partial charge in [-0.15, -0.1) is 0 Å². The SMILES string of the molecule is CCCCc1nc2c(c(=O)[nH]c(=O)n2C)n1CC(=O)O. The number of aryl methyl sites for hydroxylation is 2. The number of nitrogens with one attached hydrogen (secondary N) is 1. The lowest BCUT2D eigenvalue weighted by atomic mass is 10.2. The van der Waals surface area contributed by atoms with Gasteiger partial charge < -0.3 is 9.67 Å². The molecule has 0 saturated heterocycles. The second kappa shape index (κ2) is 5.32. The molecule has 0 radical (unpaired) electrons. The number of carboxylic acid groups (broad SMARTS) is 1. The van der Waals surface area contributed by atoms with E-state index in [1.165, 1.54) is 16.2 Å². The first-order chi connectivity index (χ1) is 9.45. The number of fused-ring (bicyclic) bond motifs is 1. The number of aliphatic carboxylic acids is 1. The standard InChI is InChI=1S/C12H16N4O4/c1-3-4-5-7-13-10-9(16(7)6-8(17)18)11(19)14-12(20)15(10)2/h3-6H2,1-2H3,(H,17,18)(H,14,19,20). The van der Waals surface area contributed by atoms with Crippen LogP contribution in [0, 0.1) is 0 Å². The molecule has 0 atom stereocenters. The summed E-state index contributed by atoms with van der Waals surface area (Å²) in [5.74, 6) is -0.550. The van der Waals surface area contributed by atoms with Crippen LogP contribution in [0.1, 0.15) is 25.6 Å². The molecule has 20 heavy (non-hydrogen) atoms. The highest BCUT2D eigenvalue weighted by Gasteiger charge is 2.18. The normalized spacial score (nSPS) is 11.1. The number of carbonyl (C=O) groups is 1. The molecule has 0 fully saturated rings. The largest absolute Gasteiger partial charge is 0.480 e. The van der Waals surface area contributed by atoms with Gasteiger partial charge in [-0.2, -0.15) is 0 Å². The van der Waals surface area contributed by atoms with Gasteiger partial charge in [-0.05, 0) is 6.42 Å². The van der Waals surface area contributed by atoms with Crippen molar-refractivity contribution in [2.75, 3.05) is 0 Å². The second-order valence-electron chi connectivity index (χ2n) is 4.60. The minimum absolute atomic E-state index is 0.126. The van der Waals surface area contributed by atoms with Crippen LogP contribution in [-0.2, 0) is 24.8 Å². The van der Waals surface area contributed by atoms with Crippen LogP contribution < -0.4 is 11.2 Å². The highest BCUT2D eigenvalue weighted by Crippen LogP contribution is 2.13.